The van der Waals surface area contributed by atoms with Gasteiger partial charge in [0.25, 0.3) is 5.91 Å². The van der Waals surface area contributed by atoms with Gasteiger partial charge in [-0.15, -0.1) is 11.3 Å². The number of hydrogen-bond acceptors (Lipinski definition) is 2. The summed E-state index contributed by atoms with van der Waals surface area (Å²) in [6.45, 7) is 8.48. The highest BCUT2D eigenvalue weighted by Crippen LogP contribution is 2.33. The molecule has 0 spiro atoms. The minimum absolute atomic E-state index is 0.0297. The lowest BCUT2D eigenvalue weighted by Gasteiger charge is -2.16. The molecule has 1 heterocycles. The minimum atomic E-state index is 0.0297. The molecule has 1 aromatic carbocycles. The second kappa shape index (κ2) is 5.88. The fraction of sp³-hybridized carbons (Fsp3) is 0.421. The summed E-state index contributed by atoms with van der Waals surface area (Å²) in [6, 6.07) is 6.33. The van der Waals surface area contributed by atoms with Gasteiger partial charge in [-0.25, -0.2) is 0 Å². The van der Waals surface area contributed by atoms with Crippen LogP contribution in [0.25, 0.3) is 0 Å². The molecular weight excluding hydrogens is 290 g/mol. The molecule has 0 fully saturated rings. The number of anilines is 1. The molecule has 3 heteroatoms. The molecule has 0 saturated carbocycles. The van der Waals surface area contributed by atoms with Crippen LogP contribution in [0.4, 0.5) is 5.69 Å². The number of thiophene rings is 1. The number of carbonyl (C=O) groups is 1. The average molecular weight is 313 g/mol. The second-order valence-electron chi connectivity index (χ2n) is 6.63. The van der Waals surface area contributed by atoms with Gasteiger partial charge in [0.05, 0.1) is 4.88 Å². The normalized spacial score (nSPS) is 17.2. The largest absolute Gasteiger partial charge is 0.321 e. The number of carbonyl (C=O) groups excluding carboxylic acids is 1. The van der Waals surface area contributed by atoms with Gasteiger partial charge in [-0.05, 0) is 68.7 Å². The van der Waals surface area contributed by atoms with Crippen molar-refractivity contribution < 1.29 is 4.79 Å². The van der Waals surface area contributed by atoms with E-state index in [4.69, 9.17) is 0 Å². The van der Waals surface area contributed by atoms with Gasteiger partial charge in [-0.2, -0.15) is 0 Å². The predicted molar refractivity (Wildman–Crippen MR) is 94.1 cm³/mol. The average Bonchev–Trinajstić information content (AvgIpc) is 2.85. The number of rotatable bonds is 2. The van der Waals surface area contributed by atoms with Crippen LogP contribution in [-0.4, -0.2) is 5.91 Å². The Morgan fingerprint density at radius 2 is 1.86 bits per heavy atom. The van der Waals surface area contributed by atoms with E-state index in [0.29, 0.717) is 0 Å². The zero-order valence-corrected chi connectivity index (χ0v) is 14.6. The molecule has 0 aliphatic heterocycles. The molecule has 3 rings (SSSR count). The lowest BCUT2D eigenvalue weighted by molar-refractivity contribution is 0.103. The third-order valence-corrected chi connectivity index (χ3v) is 5.70. The summed E-state index contributed by atoms with van der Waals surface area (Å²) in [5.74, 6) is 0.765. The first-order valence-corrected chi connectivity index (χ1v) is 8.76. The first kappa shape index (κ1) is 15.3. The Bertz CT molecular complexity index is 706. The van der Waals surface area contributed by atoms with E-state index in [2.05, 4.69) is 51.2 Å². The number of amides is 1. The highest BCUT2D eigenvalue weighted by molar-refractivity contribution is 7.14. The van der Waals surface area contributed by atoms with Crippen molar-refractivity contribution in [3.8, 4) is 0 Å². The third-order valence-electron chi connectivity index (χ3n) is 4.47. The van der Waals surface area contributed by atoms with E-state index in [-0.39, 0.29) is 5.91 Å². The number of fused-ring (bicyclic) bond motifs is 1. The SMILES string of the molecule is Cc1cc(C)c(NC(=O)c2cc3c(s2)CCC(C)C3)c(C)c1. The molecular formula is C19H23NOS. The molecule has 0 saturated heterocycles. The Labute approximate surface area is 136 Å². The van der Waals surface area contributed by atoms with E-state index in [9.17, 15) is 4.79 Å². The molecule has 2 nitrogen and oxygen atoms in total. The topological polar surface area (TPSA) is 29.1 Å². The van der Waals surface area contributed by atoms with Crippen molar-refractivity contribution in [2.75, 3.05) is 5.32 Å². The van der Waals surface area contributed by atoms with Gasteiger partial charge in [-0.3, -0.25) is 4.79 Å². The maximum absolute atomic E-state index is 12.6. The second-order valence-corrected chi connectivity index (χ2v) is 7.77. The molecule has 1 aliphatic carbocycles. The first-order chi connectivity index (χ1) is 10.4. The quantitative estimate of drug-likeness (QED) is 0.826. The molecule has 116 valence electrons. The molecule has 1 aromatic heterocycles. The van der Waals surface area contributed by atoms with Crippen LogP contribution in [0.5, 0.6) is 0 Å². The van der Waals surface area contributed by atoms with Crippen molar-refractivity contribution in [2.24, 2.45) is 5.92 Å². The van der Waals surface area contributed by atoms with Crippen LogP contribution >= 0.6 is 11.3 Å². The van der Waals surface area contributed by atoms with Gasteiger partial charge in [-0.1, -0.05) is 24.6 Å². The summed E-state index contributed by atoms with van der Waals surface area (Å²) >= 11 is 1.67. The highest BCUT2D eigenvalue weighted by Gasteiger charge is 2.21. The fourth-order valence-corrected chi connectivity index (χ4v) is 4.47. The van der Waals surface area contributed by atoms with Crippen molar-refractivity contribution in [3.05, 3.63) is 50.2 Å². The molecule has 22 heavy (non-hydrogen) atoms. The van der Waals surface area contributed by atoms with Crippen LogP contribution in [0.3, 0.4) is 0 Å². The molecule has 1 unspecified atom stereocenters. The molecule has 0 radical (unpaired) electrons. The van der Waals surface area contributed by atoms with Crippen molar-refractivity contribution in [3.63, 3.8) is 0 Å². The Hall–Kier alpha value is -1.61. The number of nitrogens with one attached hydrogen (secondary N) is 1. The van der Waals surface area contributed by atoms with Crippen LogP contribution in [0, 0.1) is 26.7 Å². The van der Waals surface area contributed by atoms with E-state index >= 15 is 0 Å². The molecule has 1 atom stereocenters. The smallest absolute Gasteiger partial charge is 0.265 e. The van der Waals surface area contributed by atoms with E-state index in [1.165, 1.54) is 22.4 Å². The zero-order valence-electron chi connectivity index (χ0n) is 13.7. The lowest BCUT2D eigenvalue weighted by atomic mass is 9.90. The summed E-state index contributed by atoms with van der Waals surface area (Å²) < 4.78 is 0. The van der Waals surface area contributed by atoms with E-state index in [1.807, 2.05) is 0 Å². The predicted octanol–water partition coefficient (Wildman–Crippen LogP) is 5.05. The third kappa shape index (κ3) is 2.95. The summed E-state index contributed by atoms with van der Waals surface area (Å²) in [6.07, 6.45) is 3.48. The molecule has 1 aliphatic rings. The maximum atomic E-state index is 12.6. The minimum Gasteiger partial charge on any atom is -0.321 e. The lowest BCUT2D eigenvalue weighted by Crippen LogP contribution is -2.12. The van der Waals surface area contributed by atoms with Crippen molar-refractivity contribution >= 4 is 22.9 Å². The van der Waals surface area contributed by atoms with E-state index < -0.39 is 0 Å². The molecule has 2 aromatic rings. The van der Waals surface area contributed by atoms with Crippen LogP contribution in [0.1, 0.15) is 50.1 Å². The van der Waals surface area contributed by atoms with E-state index in [0.717, 1.165) is 40.5 Å². The molecule has 1 N–H and O–H groups in total. The molecule has 1 amide bonds. The Kier molecular flexibility index (Phi) is 4.09. The Balaban J connectivity index is 1.84. The van der Waals surface area contributed by atoms with Crippen molar-refractivity contribution in [1.82, 2.24) is 0 Å². The van der Waals surface area contributed by atoms with Gasteiger partial charge in [0, 0.05) is 10.6 Å². The summed E-state index contributed by atoms with van der Waals surface area (Å²) in [7, 11) is 0. The molecule has 0 bridgehead atoms. The first-order valence-electron chi connectivity index (χ1n) is 7.95. The van der Waals surface area contributed by atoms with Crippen molar-refractivity contribution in [1.29, 1.82) is 0 Å². The number of hydrogen-bond donors (Lipinski definition) is 1. The van der Waals surface area contributed by atoms with Gasteiger partial charge in [0.2, 0.25) is 0 Å². The summed E-state index contributed by atoms with van der Waals surface area (Å²) in [4.78, 5) is 14.9. The van der Waals surface area contributed by atoms with Crippen LogP contribution in [0.15, 0.2) is 18.2 Å². The maximum Gasteiger partial charge on any atom is 0.265 e. The standard InChI is InChI=1S/C19H23NOS/c1-11-5-6-16-15(9-11)10-17(22-16)19(21)20-18-13(3)7-12(2)8-14(18)4/h7-8,10-11H,5-6,9H2,1-4H3,(H,20,21). The van der Waals surface area contributed by atoms with Crippen LogP contribution < -0.4 is 5.32 Å². The highest BCUT2D eigenvalue weighted by atomic mass is 32.1. The monoisotopic (exact) mass is 313 g/mol. The van der Waals surface area contributed by atoms with Crippen LogP contribution in [-0.2, 0) is 12.8 Å². The van der Waals surface area contributed by atoms with Gasteiger partial charge < -0.3 is 5.32 Å². The Morgan fingerprint density at radius 3 is 2.55 bits per heavy atom. The van der Waals surface area contributed by atoms with Gasteiger partial charge in [0.1, 0.15) is 0 Å². The summed E-state index contributed by atoms with van der Waals surface area (Å²) in [5, 5.41) is 3.11. The number of benzene rings is 1. The Morgan fingerprint density at radius 1 is 1.18 bits per heavy atom. The fourth-order valence-electron chi connectivity index (χ4n) is 3.37. The van der Waals surface area contributed by atoms with Gasteiger partial charge >= 0.3 is 0 Å². The van der Waals surface area contributed by atoms with Crippen molar-refractivity contribution in [2.45, 2.75) is 47.0 Å². The zero-order chi connectivity index (χ0) is 15.9. The van der Waals surface area contributed by atoms with Gasteiger partial charge in [0.15, 0.2) is 0 Å². The summed E-state index contributed by atoms with van der Waals surface area (Å²) in [5.41, 5.74) is 5.82. The number of aryl methyl sites for hydroxylation is 4. The van der Waals surface area contributed by atoms with Crippen LogP contribution in [0.2, 0.25) is 0 Å². The van der Waals surface area contributed by atoms with E-state index in [1.54, 1.807) is 11.3 Å².